The van der Waals surface area contributed by atoms with Crippen LogP contribution in [0, 0.1) is 18.3 Å². The summed E-state index contributed by atoms with van der Waals surface area (Å²) in [5.41, 5.74) is 1.96. The third-order valence-corrected chi connectivity index (χ3v) is 4.25. The van der Waals surface area contributed by atoms with Gasteiger partial charge in [-0.2, -0.15) is 23.5 Å². The minimum absolute atomic E-state index is 0.197. The first-order valence-corrected chi connectivity index (χ1v) is 7.83. The van der Waals surface area contributed by atoms with Gasteiger partial charge in [-0.15, -0.1) is 0 Å². The number of hydrogen-bond donors (Lipinski definition) is 1. The van der Waals surface area contributed by atoms with Gasteiger partial charge in [0.05, 0.1) is 22.8 Å². The maximum absolute atomic E-state index is 13.1. The smallest absolute Gasteiger partial charge is 0.307 e. The van der Waals surface area contributed by atoms with E-state index in [0.29, 0.717) is 27.9 Å². The number of rotatable bonds is 2. The molecule has 1 aromatic carbocycles. The summed E-state index contributed by atoms with van der Waals surface area (Å²) in [6, 6.07) is 7.05. The van der Waals surface area contributed by atoms with Crippen molar-refractivity contribution >= 4 is 11.0 Å². The predicted octanol–water partition coefficient (Wildman–Crippen LogP) is 4.01. The van der Waals surface area contributed by atoms with E-state index in [4.69, 9.17) is 0 Å². The second kappa shape index (κ2) is 5.95. The average molecular weight is 368 g/mol. The van der Waals surface area contributed by atoms with Crippen LogP contribution in [-0.4, -0.2) is 24.7 Å². The molecular formula is C18H11F3N6. The van der Waals surface area contributed by atoms with E-state index in [0.717, 1.165) is 12.1 Å². The van der Waals surface area contributed by atoms with Gasteiger partial charge in [-0.3, -0.25) is 5.10 Å². The van der Waals surface area contributed by atoms with E-state index in [-0.39, 0.29) is 11.4 Å². The average Bonchev–Trinajstić information content (AvgIpc) is 3.27. The zero-order valence-electron chi connectivity index (χ0n) is 13.9. The van der Waals surface area contributed by atoms with Crippen LogP contribution in [-0.2, 0) is 6.18 Å². The van der Waals surface area contributed by atoms with Gasteiger partial charge < -0.3 is 4.57 Å². The van der Waals surface area contributed by atoms with Crippen LogP contribution in [0.2, 0.25) is 0 Å². The topological polar surface area (TPSA) is 83.2 Å². The molecule has 9 heteroatoms. The van der Waals surface area contributed by atoms with Crippen molar-refractivity contribution in [3.63, 3.8) is 0 Å². The zero-order chi connectivity index (χ0) is 19.2. The largest absolute Gasteiger partial charge is 0.416 e. The van der Waals surface area contributed by atoms with Gasteiger partial charge in [-0.25, -0.2) is 9.97 Å². The molecule has 0 amide bonds. The molecule has 0 aliphatic heterocycles. The van der Waals surface area contributed by atoms with Crippen molar-refractivity contribution in [2.75, 3.05) is 0 Å². The Hall–Kier alpha value is -3.67. The standard InChI is InChI=1S/C18H11F3N6/c1-10-2-3-12(18(19,20)21)5-15(10)27-8-11(4-13(27)6-22)16-14-7-25-26-17(14)24-9-23-16/h2-5,7-9H,1H3,(H,23,24,25,26). The highest BCUT2D eigenvalue weighted by molar-refractivity contribution is 5.89. The third kappa shape index (κ3) is 2.81. The van der Waals surface area contributed by atoms with Gasteiger partial charge in [0.15, 0.2) is 5.65 Å². The highest BCUT2D eigenvalue weighted by atomic mass is 19.4. The number of H-pyrrole nitrogens is 1. The molecule has 4 rings (SSSR count). The first kappa shape index (κ1) is 16.8. The maximum Gasteiger partial charge on any atom is 0.416 e. The van der Waals surface area contributed by atoms with E-state index >= 15 is 0 Å². The fourth-order valence-electron chi connectivity index (χ4n) is 2.92. The summed E-state index contributed by atoms with van der Waals surface area (Å²) in [5, 5.41) is 16.8. The monoisotopic (exact) mass is 368 g/mol. The van der Waals surface area contributed by atoms with Crippen molar-refractivity contribution in [2.24, 2.45) is 0 Å². The number of hydrogen-bond acceptors (Lipinski definition) is 4. The van der Waals surface area contributed by atoms with E-state index in [9.17, 15) is 18.4 Å². The number of benzene rings is 1. The normalized spacial score (nSPS) is 11.7. The van der Waals surface area contributed by atoms with Crippen molar-refractivity contribution in [3.05, 3.63) is 59.8 Å². The quantitative estimate of drug-likeness (QED) is 0.579. The van der Waals surface area contributed by atoms with E-state index < -0.39 is 11.7 Å². The number of aromatic amines is 1. The summed E-state index contributed by atoms with van der Waals surface area (Å²) >= 11 is 0. The molecule has 27 heavy (non-hydrogen) atoms. The number of nitrogens with one attached hydrogen (secondary N) is 1. The molecule has 0 saturated heterocycles. The lowest BCUT2D eigenvalue weighted by atomic mass is 10.1. The van der Waals surface area contributed by atoms with Gasteiger partial charge in [0.2, 0.25) is 0 Å². The van der Waals surface area contributed by atoms with Crippen LogP contribution in [0.3, 0.4) is 0 Å². The Morgan fingerprint density at radius 2 is 2.00 bits per heavy atom. The number of aromatic nitrogens is 5. The SMILES string of the molecule is Cc1ccc(C(F)(F)F)cc1-n1cc(-c2ncnc3[nH]ncc23)cc1C#N. The van der Waals surface area contributed by atoms with E-state index in [1.807, 2.05) is 6.07 Å². The molecule has 0 saturated carbocycles. The van der Waals surface area contributed by atoms with Gasteiger partial charge in [-0.1, -0.05) is 6.07 Å². The van der Waals surface area contributed by atoms with Gasteiger partial charge in [0, 0.05) is 17.4 Å². The number of halogens is 3. The molecule has 4 aromatic rings. The molecule has 0 fully saturated rings. The molecule has 0 aliphatic rings. The minimum Gasteiger partial charge on any atom is -0.307 e. The molecule has 0 radical (unpaired) electrons. The Labute approximate surface area is 150 Å². The summed E-state index contributed by atoms with van der Waals surface area (Å²) in [6.45, 7) is 1.69. The third-order valence-electron chi connectivity index (χ3n) is 4.25. The number of fused-ring (bicyclic) bond motifs is 1. The Kier molecular flexibility index (Phi) is 3.70. The van der Waals surface area contributed by atoms with Crippen LogP contribution in [0.4, 0.5) is 13.2 Å². The van der Waals surface area contributed by atoms with Gasteiger partial charge >= 0.3 is 6.18 Å². The van der Waals surface area contributed by atoms with Crippen LogP contribution in [0.15, 0.2) is 43.0 Å². The van der Waals surface area contributed by atoms with Crippen LogP contribution in [0.5, 0.6) is 0 Å². The van der Waals surface area contributed by atoms with E-state index in [1.165, 1.54) is 17.0 Å². The van der Waals surface area contributed by atoms with Crippen molar-refractivity contribution in [2.45, 2.75) is 13.1 Å². The summed E-state index contributed by atoms with van der Waals surface area (Å²) < 4.78 is 40.8. The molecule has 1 N–H and O–H groups in total. The predicted molar refractivity (Wildman–Crippen MR) is 90.9 cm³/mol. The summed E-state index contributed by atoms with van der Waals surface area (Å²) in [7, 11) is 0. The van der Waals surface area contributed by atoms with Crippen molar-refractivity contribution < 1.29 is 13.2 Å². The van der Waals surface area contributed by atoms with E-state index in [1.54, 1.807) is 25.4 Å². The van der Waals surface area contributed by atoms with Crippen LogP contribution < -0.4 is 0 Å². The Morgan fingerprint density at radius 3 is 2.74 bits per heavy atom. The molecule has 0 aliphatic carbocycles. The highest BCUT2D eigenvalue weighted by Gasteiger charge is 2.31. The van der Waals surface area contributed by atoms with Crippen molar-refractivity contribution in [3.8, 4) is 23.0 Å². The summed E-state index contributed by atoms with van der Waals surface area (Å²) in [5.74, 6) is 0. The lowest BCUT2D eigenvalue weighted by Gasteiger charge is -2.13. The van der Waals surface area contributed by atoms with Crippen molar-refractivity contribution in [1.82, 2.24) is 24.7 Å². The number of alkyl halides is 3. The Balaban J connectivity index is 1.92. The van der Waals surface area contributed by atoms with E-state index in [2.05, 4.69) is 20.2 Å². The molecule has 0 unspecified atom stereocenters. The van der Waals surface area contributed by atoms with Crippen LogP contribution in [0.1, 0.15) is 16.8 Å². The molecule has 0 spiro atoms. The van der Waals surface area contributed by atoms with Gasteiger partial charge in [0.25, 0.3) is 0 Å². The maximum atomic E-state index is 13.1. The number of aryl methyl sites for hydroxylation is 1. The molecule has 6 nitrogen and oxygen atoms in total. The molecule has 0 bridgehead atoms. The second-order valence-electron chi connectivity index (χ2n) is 5.95. The number of nitriles is 1. The Bertz CT molecular complexity index is 1200. The van der Waals surface area contributed by atoms with Gasteiger partial charge in [-0.05, 0) is 30.7 Å². The fraction of sp³-hybridized carbons (Fsp3) is 0.111. The zero-order valence-corrected chi connectivity index (χ0v) is 13.9. The highest BCUT2D eigenvalue weighted by Crippen LogP contribution is 2.33. The summed E-state index contributed by atoms with van der Waals surface area (Å²) in [4.78, 5) is 8.30. The number of nitrogens with zero attached hydrogens (tertiary/aromatic N) is 5. The van der Waals surface area contributed by atoms with Gasteiger partial charge in [0.1, 0.15) is 18.1 Å². The summed E-state index contributed by atoms with van der Waals surface area (Å²) in [6.07, 6.45) is 0.0367. The molecular weight excluding hydrogens is 357 g/mol. The molecule has 134 valence electrons. The lowest BCUT2D eigenvalue weighted by Crippen LogP contribution is -2.07. The van der Waals surface area contributed by atoms with Crippen LogP contribution >= 0.6 is 0 Å². The van der Waals surface area contributed by atoms with Crippen molar-refractivity contribution in [1.29, 1.82) is 5.26 Å². The molecule has 3 heterocycles. The first-order valence-electron chi connectivity index (χ1n) is 7.83. The van der Waals surface area contributed by atoms with Crippen LogP contribution in [0.25, 0.3) is 28.0 Å². The molecule has 0 atom stereocenters. The minimum atomic E-state index is -4.47. The molecule has 3 aromatic heterocycles. The fourth-order valence-corrected chi connectivity index (χ4v) is 2.92. The second-order valence-corrected chi connectivity index (χ2v) is 5.95. The Morgan fingerprint density at radius 1 is 1.19 bits per heavy atom. The lowest BCUT2D eigenvalue weighted by molar-refractivity contribution is -0.137. The first-order chi connectivity index (χ1) is 12.9.